The minimum Gasteiger partial charge on any atom is -0.357 e. The van der Waals surface area contributed by atoms with Gasteiger partial charge in [-0.15, -0.1) is 0 Å². The Kier molecular flexibility index (Phi) is 4.06. The Morgan fingerprint density at radius 1 is 1.39 bits per heavy atom. The molecule has 0 aliphatic carbocycles. The molecule has 1 unspecified atom stereocenters. The first-order chi connectivity index (χ1) is 8.45. The first kappa shape index (κ1) is 13.5. The molecule has 0 radical (unpaired) electrons. The minimum absolute atomic E-state index is 0.0668. The Morgan fingerprint density at radius 3 is 2.61 bits per heavy atom. The molecule has 18 heavy (non-hydrogen) atoms. The summed E-state index contributed by atoms with van der Waals surface area (Å²) in [6, 6.07) is 0.0668. The van der Waals surface area contributed by atoms with Crippen LogP contribution in [0.5, 0.6) is 0 Å². The number of hydrogen-bond acceptors (Lipinski definition) is 5. The molecule has 0 bridgehead atoms. The van der Waals surface area contributed by atoms with E-state index < -0.39 is 12.0 Å². The van der Waals surface area contributed by atoms with E-state index in [4.69, 9.17) is 0 Å². The Labute approximate surface area is 107 Å². The molecule has 1 fully saturated rings. The Bertz CT molecular complexity index is 387. The van der Waals surface area contributed by atoms with Gasteiger partial charge in [0.15, 0.2) is 0 Å². The van der Waals surface area contributed by atoms with Crippen molar-refractivity contribution in [2.75, 3.05) is 25.0 Å². The molecule has 1 aromatic heterocycles. The number of aromatic nitrogens is 2. The molecule has 1 saturated heterocycles. The van der Waals surface area contributed by atoms with E-state index in [1.807, 2.05) is 6.92 Å². The van der Waals surface area contributed by atoms with E-state index in [1.165, 1.54) is 12.8 Å². The number of likely N-dealkylation sites (tertiary alicyclic amines) is 1. The van der Waals surface area contributed by atoms with Crippen molar-refractivity contribution in [3.63, 3.8) is 0 Å². The van der Waals surface area contributed by atoms with E-state index in [1.54, 1.807) is 0 Å². The van der Waals surface area contributed by atoms with Crippen LogP contribution in [0.2, 0.25) is 0 Å². The zero-order valence-electron chi connectivity index (χ0n) is 10.00. The number of rotatable bonds is 4. The molecule has 8 heteroatoms. The van der Waals surface area contributed by atoms with Crippen LogP contribution < -0.4 is 5.32 Å². The average molecular weight is 280 g/mol. The quantitative estimate of drug-likeness (QED) is 0.920. The highest BCUT2D eigenvalue weighted by Crippen LogP contribution is 2.29. The summed E-state index contributed by atoms with van der Waals surface area (Å²) in [6.07, 6.45) is -2.07. The van der Waals surface area contributed by atoms with Gasteiger partial charge in [-0.2, -0.15) is 22.5 Å². The van der Waals surface area contributed by atoms with Gasteiger partial charge < -0.3 is 10.2 Å². The summed E-state index contributed by atoms with van der Waals surface area (Å²) in [5.74, 6) is -1.07. The number of halogens is 3. The fourth-order valence-corrected chi connectivity index (χ4v) is 2.70. The number of nitrogens with one attached hydrogen (secondary N) is 1. The Balaban J connectivity index is 1.86. The van der Waals surface area contributed by atoms with Crippen LogP contribution in [0.1, 0.15) is 25.6 Å². The van der Waals surface area contributed by atoms with Crippen molar-refractivity contribution in [1.29, 1.82) is 0 Å². The number of nitrogens with zero attached hydrogens (tertiary/aromatic N) is 3. The molecule has 0 amide bonds. The van der Waals surface area contributed by atoms with Gasteiger partial charge in [0.25, 0.3) is 0 Å². The van der Waals surface area contributed by atoms with Gasteiger partial charge in [0.05, 0.1) is 0 Å². The second-order valence-corrected chi connectivity index (χ2v) is 5.23. The molecule has 2 rings (SSSR count). The van der Waals surface area contributed by atoms with E-state index in [2.05, 4.69) is 19.6 Å². The van der Waals surface area contributed by atoms with E-state index in [0.29, 0.717) is 0 Å². The maximum absolute atomic E-state index is 12.3. The molecule has 102 valence electrons. The average Bonchev–Trinajstić information content (AvgIpc) is 2.87. The van der Waals surface area contributed by atoms with Crippen LogP contribution in [0.4, 0.5) is 18.3 Å². The molecule has 1 aliphatic heterocycles. The maximum Gasteiger partial charge on any atom is 0.452 e. The number of alkyl halides is 3. The highest BCUT2D eigenvalue weighted by atomic mass is 32.1. The van der Waals surface area contributed by atoms with Crippen LogP contribution in [-0.4, -0.2) is 39.9 Å². The van der Waals surface area contributed by atoms with Crippen LogP contribution in [-0.2, 0) is 6.18 Å². The maximum atomic E-state index is 12.3. The standard InChI is InChI=1S/C10H15F3N4S/c1-7(6-17-4-2-3-5-17)14-9-15-8(16-18-9)10(11,12)13/h7H,2-6H2,1H3,(H,14,15,16). The van der Waals surface area contributed by atoms with Gasteiger partial charge in [0, 0.05) is 24.1 Å². The topological polar surface area (TPSA) is 41.0 Å². The summed E-state index contributed by atoms with van der Waals surface area (Å²) in [7, 11) is 0. The second kappa shape index (κ2) is 5.40. The monoisotopic (exact) mass is 280 g/mol. The van der Waals surface area contributed by atoms with Gasteiger partial charge in [-0.1, -0.05) is 0 Å². The summed E-state index contributed by atoms with van der Waals surface area (Å²) in [4.78, 5) is 5.74. The zero-order chi connectivity index (χ0) is 13.2. The first-order valence-electron chi connectivity index (χ1n) is 5.85. The van der Waals surface area contributed by atoms with Crippen LogP contribution in [0.15, 0.2) is 0 Å². The summed E-state index contributed by atoms with van der Waals surface area (Å²) >= 11 is 0.752. The second-order valence-electron chi connectivity index (χ2n) is 4.47. The number of anilines is 1. The van der Waals surface area contributed by atoms with E-state index in [0.717, 1.165) is 31.2 Å². The van der Waals surface area contributed by atoms with Crippen molar-refractivity contribution in [2.24, 2.45) is 0 Å². The number of hydrogen-bond donors (Lipinski definition) is 1. The zero-order valence-corrected chi connectivity index (χ0v) is 10.8. The molecule has 4 nitrogen and oxygen atoms in total. The van der Waals surface area contributed by atoms with Gasteiger partial charge in [0.2, 0.25) is 11.0 Å². The third kappa shape index (κ3) is 3.55. The van der Waals surface area contributed by atoms with Gasteiger partial charge >= 0.3 is 6.18 Å². The Hall–Kier alpha value is -0.890. The van der Waals surface area contributed by atoms with Crippen LogP contribution in [0.25, 0.3) is 0 Å². The SMILES string of the molecule is CC(CN1CCCC1)Nc1nc(C(F)(F)F)ns1. The van der Waals surface area contributed by atoms with Crippen LogP contribution >= 0.6 is 11.5 Å². The summed E-state index contributed by atoms with van der Waals surface area (Å²) in [5.41, 5.74) is 0. The van der Waals surface area contributed by atoms with E-state index in [9.17, 15) is 13.2 Å². The fraction of sp³-hybridized carbons (Fsp3) is 0.800. The van der Waals surface area contributed by atoms with E-state index >= 15 is 0 Å². The van der Waals surface area contributed by atoms with Crippen molar-refractivity contribution in [1.82, 2.24) is 14.3 Å². The lowest BCUT2D eigenvalue weighted by atomic mass is 10.3. The molecule has 0 aromatic carbocycles. The van der Waals surface area contributed by atoms with E-state index in [-0.39, 0.29) is 11.2 Å². The predicted molar refractivity (Wildman–Crippen MR) is 63.7 cm³/mol. The summed E-state index contributed by atoms with van der Waals surface area (Å²) in [5, 5.41) is 3.20. The molecule has 1 N–H and O–H groups in total. The molecular weight excluding hydrogens is 265 g/mol. The molecular formula is C10H15F3N4S. The van der Waals surface area contributed by atoms with Crippen molar-refractivity contribution in [3.05, 3.63) is 5.82 Å². The van der Waals surface area contributed by atoms with Gasteiger partial charge in [-0.05, 0) is 32.9 Å². The summed E-state index contributed by atoms with van der Waals surface area (Å²) in [6.45, 7) is 4.89. The Morgan fingerprint density at radius 2 is 2.06 bits per heavy atom. The van der Waals surface area contributed by atoms with Crippen LogP contribution in [0, 0.1) is 0 Å². The van der Waals surface area contributed by atoms with Gasteiger partial charge in [-0.25, -0.2) is 0 Å². The highest BCUT2D eigenvalue weighted by molar-refractivity contribution is 7.09. The van der Waals surface area contributed by atoms with Gasteiger partial charge in [0.1, 0.15) is 0 Å². The third-order valence-corrected chi connectivity index (χ3v) is 3.43. The lowest BCUT2D eigenvalue weighted by molar-refractivity contribution is -0.144. The van der Waals surface area contributed by atoms with Crippen molar-refractivity contribution in [3.8, 4) is 0 Å². The third-order valence-electron chi connectivity index (χ3n) is 2.78. The minimum atomic E-state index is -4.46. The van der Waals surface area contributed by atoms with Crippen molar-refractivity contribution < 1.29 is 13.2 Å². The lowest BCUT2D eigenvalue weighted by Gasteiger charge is -2.20. The molecule has 1 atom stereocenters. The largest absolute Gasteiger partial charge is 0.452 e. The first-order valence-corrected chi connectivity index (χ1v) is 6.62. The molecule has 0 saturated carbocycles. The summed E-state index contributed by atoms with van der Waals surface area (Å²) < 4.78 is 40.2. The highest BCUT2D eigenvalue weighted by Gasteiger charge is 2.36. The molecule has 2 heterocycles. The molecule has 1 aromatic rings. The lowest BCUT2D eigenvalue weighted by Crippen LogP contribution is -2.32. The molecule has 0 spiro atoms. The van der Waals surface area contributed by atoms with Crippen molar-refractivity contribution >= 4 is 16.7 Å². The van der Waals surface area contributed by atoms with Crippen LogP contribution in [0.3, 0.4) is 0 Å². The molecule has 1 aliphatic rings. The van der Waals surface area contributed by atoms with Crippen molar-refractivity contribution in [2.45, 2.75) is 32.0 Å². The smallest absolute Gasteiger partial charge is 0.357 e. The predicted octanol–water partition coefficient (Wildman–Crippen LogP) is 2.45. The van der Waals surface area contributed by atoms with Gasteiger partial charge in [-0.3, -0.25) is 0 Å². The normalized spacial score (nSPS) is 19.1. The fourth-order valence-electron chi connectivity index (χ4n) is 2.01.